The maximum atomic E-state index is 13.4. The third kappa shape index (κ3) is 3.09. The van der Waals surface area contributed by atoms with Gasteiger partial charge in [-0.3, -0.25) is 0 Å². The first-order valence-corrected chi connectivity index (χ1v) is 7.67. The number of fused-ring (bicyclic) bond motifs is 1. The fraction of sp³-hybridized carbons (Fsp3) is 0.111. The van der Waals surface area contributed by atoms with E-state index < -0.39 is 0 Å². The van der Waals surface area contributed by atoms with Crippen LogP contribution in [0.1, 0.15) is 18.5 Å². The van der Waals surface area contributed by atoms with Gasteiger partial charge in [-0.1, -0.05) is 42.1 Å². The van der Waals surface area contributed by atoms with Crippen LogP contribution in [0.25, 0.3) is 10.8 Å². The van der Waals surface area contributed by atoms with Crippen molar-refractivity contribution in [2.75, 3.05) is 0 Å². The summed E-state index contributed by atoms with van der Waals surface area (Å²) in [6.45, 7) is 1.87. The number of halogens is 1. The number of hydrogen-bond donors (Lipinski definition) is 1. The SMILES string of the molecule is C[C@@H](N)c1cc(F)ccc1Sc1ccc2ccccc2c1. The number of rotatable bonds is 3. The molecule has 3 aromatic carbocycles. The molecule has 3 aromatic rings. The predicted molar refractivity (Wildman–Crippen MR) is 87.1 cm³/mol. The molecule has 3 rings (SSSR count). The van der Waals surface area contributed by atoms with Gasteiger partial charge in [0.05, 0.1) is 0 Å². The minimum absolute atomic E-state index is 0.191. The molecule has 106 valence electrons. The summed E-state index contributed by atoms with van der Waals surface area (Å²) in [5, 5.41) is 2.42. The van der Waals surface area contributed by atoms with Crippen LogP contribution in [0.5, 0.6) is 0 Å². The summed E-state index contributed by atoms with van der Waals surface area (Å²) in [7, 11) is 0. The van der Waals surface area contributed by atoms with E-state index in [0.717, 1.165) is 15.4 Å². The molecular weight excluding hydrogens is 281 g/mol. The maximum absolute atomic E-state index is 13.4. The van der Waals surface area contributed by atoms with Crippen molar-refractivity contribution < 1.29 is 4.39 Å². The van der Waals surface area contributed by atoms with Gasteiger partial charge in [-0.2, -0.15) is 0 Å². The first-order valence-electron chi connectivity index (χ1n) is 6.85. The predicted octanol–water partition coefficient (Wildman–Crippen LogP) is 5.15. The zero-order chi connectivity index (χ0) is 14.8. The second-order valence-electron chi connectivity index (χ2n) is 5.08. The van der Waals surface area contributed by atoms with E-state index in [1.165, 1.54) is 22.9 Å². The Kier molecular flexibility index (Phi) is 3.95. The molecule has 0 amide bonds. The third-order valence-corrected chi connectivity index (χ3v) is 4.49. The van der Waals surface area contributed by atoms with Crippen LogP contribution in [0.3, 0.4) is 0 Å². The lowest BCUT2D eigenvalue weighted by Crippen LogP contribution is -2.06. The molecule has 1 nitrogen and oxygen atoms in total. The summed E-state index contributed by atoms with van der Waals surface area (Å²) in [5.74, 6) is -0.245. The zero-order valence-electron chi connectivity index (χ0n) is 11.7. The summed E-state index contributed by atoms with van der Waals surface area (Å²) in [6.07, 6.45) is 0. The zero-order valence-corrected chi connectivity index (χ0v) is 12.5. The highest BCUT2D eigenvalue weighted by molar-refractivity contribution is 7.99. The molecule has 0 saturated heterocycles. The minimum atomic E-state index is -0.245. The molecular formula is C18H16FNS. The molecule has 2 N–H and O–H groups in total. The second-order valence-corrected chi connectivity index (χ2v) is 6.20. The minimum Gasteiger partial charge on any atom is -0.324 e. The van der Waals surface area contributed by atoms with Crippen molar-refractivity contribution in [2.45, 2.75) is 22.8 Å². The molecule has 0 aliphatic carbocycles. The van der Waals surface area contributed by atoms with Gasteiger partial charge in [0.15, 0.2) is 0 Å². The van der Waals surface area contributed by atoms with Gasteiger partial charge < -0.3 is 5.73 Å². The molecule has 0 spiro atoms. The molecule has 3 heteroatoms. The van der Waals surface area contributed by atoms with Crippen molar-refractivity contribution in [1.82, 2.24) is 0 Å². The Bertz CT molecular complexity index is 783. The number of benzene rings is 3. The van der Waals surface area contributed by atoms with Gasteiger partial charge in [-0.15, -0.1) is 0 Å². The Labute approximate surface area is 128 Å². The topological polar surface area (TPSA) is 26.0 Å². The molecule has 0 heterocycles. The molecule has 21 heavy (non-hydrogen) atoms. The van der Waals surface area contributed by atoms with E-state index in [4.69, 9.17) is 5.73 Å². The van der Waals surface area contributed by atoms with Crippen molar-refractivity contribution in [3.8, 4) is 0 Å². The molecule has 0 radical (unpaired) electrons. The Morgan fingerprint density at radius 2 is 1.71 bits per heavy atom. The van der Waals surface area contributed by atoms with Gasteiger partial charge in [0.2, 0.25) is 0 Å². The standard InChI is InChI=1S/C18H16FNS/c1-12(20)17-11-15(19)7-9-18(17)21-16-8-6-13-4-2-3-5-14(13)10-16/h2-12H,20H2,1H3/t12-/m1/s1. The molecule has 0 aliphatic heterocycles. The van der Waals surface area contributed by atoms with E-state index in [-0.39, 0.29) is 11.9 Å². The van der Waals surface area contributed by atoms with Crippen molar-refractivity contribution in [2.24, 2.45) is 5.73 Å². The first kappa shape index (κ1) is 14.1. The average molecular weight is 297 g/mol. The van der Waals surface area contributed by atoms with Crippen molar-refractivity contribution in [1.29, 1.82) is 0 Å². The van der Waals surface area contributed by atoms with Gasteiger partial charge >= 0.3 is 0 Å². The van der Waals surface area contributed by atoms with Crippen molar-refractivity contribution in [3.63, 3.8) is 0 Å². The lowest BCUT2D eigenvalue weighted by molar-refractivity contribution is 0.619. The van der Waals surface area contributed by atoms with Gasteiger partial charge in [-0.25, -0.2) is 4.39 Å². The highest BCUT2D eigenvalue weighted by Crippen LogP contribution is 2.34. The van der Waals surface area contributed by atoms with Crippen LogP contribution in [0.4, 0.5) is 4.39 Å². The second kappa shape index (κ2) is 5.88. The van der Waals surface area contributed by atoms with Crippen LogP contribution in [-0.4, -0.2) is 0 Å². The van der Waals surface area contributed by atoms with Crippen LogP contribution < -0.4 is 5.73 Å². The Morgan fingerprint density at radius 3 is 2.48 bits per heavy atom. The third-order valence-electron chi connectivity index (χ3n) is 3.41. The van der Waals surface area contributed by atoms with Crippen LogP contribution in [0.2, 0.25) is 0 Å². The van der Waals surface area contributed by atoms with Crippen LogP contribution in [0.15, 0.2) is 70.5 Å². The van der Waals surface area contributed by atoms with Gasteiger partial charge in [0, 0.05) is 15.8 Å². The summed E-state index contributed by atoms with van der Waals surface area (Å²) in [4.78, 5) is 2.13. The quantitative estimate of drug-likeness (QED) is 0.723. The number of nitrogens with two attached hydrogens (primary N) is 1. The molecule has 0 bridgehead atoms. The average Bonchev–Trinajstić information content (AvgIpc) is 2.49. The fourth-order valence-electron chi connectivity index (χ4n) is 2.33. The van der Waals surface area contributed by atoms with E-state index in [1.54, 1.807) is 17.8 Å². The van der Waals surface area contributed by atoms with Crippen LogP contribution >= 0.6 is 11.8 Å². The summed E-state index contributed by atoms with van der Waals surface area (Å²) >= 11 is 1.62. The van der Waals surface area contributed by atoms with Crippen LogP contribution in [-0.2, 0) is 0 Å². The normalized spacial score (nSPS) is 12.5. The van der Waals surface area contributed by atoms with Crippen molar-refractivity contribution in [3.05, 3.63) is 72.0 Å². The Morgan fingerprint density at radius 1 is 0.952 bits per heavy atom. The molecule has 0 fully saturated rings. The lowest BCUT2D eigenvalue weighted by Gasteiger charge is -2.12. The Hall–Kier alpha value is -1.84. The summed E-state index contributed by atoms with van der Waals surface area (Å²) < 4.78 is 13.4. The monoisotopic (exact) mass is 297 g/mol. The van der Waals surface area contributed by atoms with E-state index in [2.05, 4.69) is 30.3 Å². The lowest BCUT2D eigenvalue weighted by atomic mass is 10.1. The van der Waals surface area contributed by atoms with Gasteiger partial charge in [0.1, 0.15) is 5.82 Å². The van der Waals surface area contributed by atoms with Crippen LogP contribution in [0, 0.1) is 5.82 Å². The fourth-order valence-corrected chi connectivity index (χ4v) is 3.40. The number of hydrogen-bond acceptors (Lipinski definition) is 2. The molecule has 0 aromatic heterocycles. The Balaban J connectivity index is 1.98. The van der Waals surface area contributed by atoms with E-state index in [0.29, 0.717) is 0 Å². The van der Waals surface area contributed by atoms with Crippen molar-refractivity contribution >= 4 is 22.5 Å². The van der Waals surface area contributed by atoms with E-state index in [1.807, 2.05) is 19.1 Å². The molecule has 0 aliphatic rings. The highest BCUT2D eigenvalue weighted by atomic mass is 32.2. The largest absolute Gasteiger partial charge is 0.324 e. The maximum Gasteiger partial charge on any atom is 0.123 e. The summed E-state index contributed by atoms with van der Waals surface area (Å²) in [5.41, 5.74) is 6.79. The van der Waals surface area contributed by atoms with Gasteiger partial charge in [-0.05, 0) is 53.6 Å². The molecule has 0 unspecified atom stereocenters. The van der Waals surface area contributed by atoms with Gasteiger partial charge in [0.25, 0.3) is 0 Å². The molecule has 1 atom stereocenters. The van der Waals surface area contributed by atoms with E-state index in [9.17, 15) is 4.39 Å². The highest BCUT2D eigenvalue weighted by Gasteiger charge is 2.10. The first-order chi connectivity index (χ1) is 10.1. The van der Waals surface area contributed by atoms with E-state index >= 15 is 0 Å². The summed E-state index contributed by atoms with van der Waals surface area (Å²) in [6, 6.07) is 19.2. The smallest absolute Gasteiger partial charge is 0.123 e. The molecule has 0 saturated carbocycles.